The summed E-state index contributed by atoms with van der Waals surface area (Å²) in [5.74, 6) is 0. The summed E-state index contributed by atoms with van der Waals surface area (Å²) < 4.78 is 5.16. The molecule has 1 unspecified atom stereocenters. The fraction of sp³-hybridized carbons (Fsp3) is 1.00. The van der Waals surface area contributed by atoms with Crippen LogP contribution in [0.3, 0.4) is 0 Å². The van der Waals surface area contributed by atoms with E-state index in [2.05, 4.69) is 0 Å². The average molecular weight is 131 g/mol. The molecule has 0 amide bonds. The number of ether oxygens (including phenoxy) is 1. The highest BCUT2D eigenvalue weighted by atomic mass is 16.5. The van der Waals surface area contributed by atoms with Gasteiger partial charge >= 0.3 is 0 Å². The van der Waals surface area contributed by atoms with Gasteiger partial charge < -0.3 is 15.6 Å². The first-order valence-electron chi connectivity index (χ1n) is 3.31. The summed E-state index contributed by atoms with van der Waals surface area (Å²) in [4.78, 5) is 0. The van der Waals surface area contributed by atoms with Crippen LogP contribution in [-0.4, -0.2) is 30.5 Å². The third kappa shape index (κ3) is 1.93. The Morgan fingerprint density at radius 1 is 1.56 bits per heavy atom. The topological polar surface area (TPSA) is 55.5 Å². The van der Waals surface area contributed by atoms with E-state index < -0.39 is 0 Å². The van der Waals surface area contributed by atoms with Crippen molar-refractivity contribution < 1.29 is 9.84 Å². The monoisotopic (exact) mass is 131 g/mol. The lowest BCUT2D eigenvalue weighted by atomic mass is 10.1. The second-order valence-electron chi connectivity index (χ2n) is 2.48. The van der Waals surface area contributed by atoms with Crippen LogP contribution in [0.4, 0.5) is 0 Å². The Hall–Kier alpha value is -0.120. The second kappa shape index (κ2) is 3.15. The van der Waals surface area contributed by atoms with Crippen LogP contribution in [0.1, 0.15) is 12.8 Å². The molecule has 1 aliphatic heterocycles. The zero-order chi connectivity index (χ0) is 6.69. The third-order valence-corrected chi connectivity index (χ3v) is 1.61. The Balaban J connectivity index is 2.18. The minimum atomic E-state index is 0.0461. The molecule has 1 aliphatic rings. The molecule has 0 aliphatic carbocycles. The van der Waals surface area contributed by atoms with Crippen LogP contribution in [0, 0.1) is 0 Å². The molecule has 3 nitrogen and oxygen atoms in total. The molecule has 1 rings (SSSR count). The maximum atomic E-state index is 8.61. The Kier molecular flexibility index (Phi) is 2.45. The number of hydrogen-bond acceptors (Lipinski definition) is 3. The highest BCUT2D eigenvalue weighted by molar-refractivity contribution is 4.70. The Labute approximate surface area is 54.8 Å². The summed E-state index contributed by atoms with van der Waals surface area (Å²) in [5, 5.41) is 8.61. The maximum absolute atomic E-state index is 8.61. The van der Waals surface area contributed by atoms with E-state index in [1.54, 1.807) is 0 Å². The number of nitrogens with two attached hydrogens (primary N) is 1. The predicted molar refractivity (Wildman–Crippen MR) is 34.0 cm³/mol. The molecular formula is C6H13NO2. The molecule has 1 saturated heterocycles. The van der Waals surface area contributed by atoms with Crippen molar-refractivity contribution in [2.24, 2.45) is 5.73 Å². The van der Waals surface area contributed by atoms with Gasteiger partial charge in [0, 0.05) is 6.04 Å². The summed E-state index contributed by atoms with van der Waals surface area (Å²) in [6.45, 7) is 0.734. The van der Waals surface area contributed by atoms with Gasteiger partial charge in [0.15, 0.2) is 0 Å². The Morgan fingerprint density at radius 2 is 2.33 bits per heavy atom. The smallest absolute Gasteiger partial charge is 0.0807 e. The third-order valence-electron chi connectivity index (χ3n) is 1.61. The molecule has 1 heterocycles. The van der Waals surface area contributed by atoms with E-state index in [1.807, 2.05) is 0 Å². The molecule has 3 N–H and O–H groups in total. The summed E-state index contributed by atoms with van der Waals surface area (Å²) in [6.07, 6.45) is 1.92. The Bertz CT molecular complexity index is 79.1. The lowest BCUT2D eigenvalue weighted by Gasteiger charge is -2.24. The van der Waals surface area contributed by atoms with Crippen molar-refractivity contribution in [3.63, 3.8) is 0 Å². The molecule has 0 spiro atoms. The van der Waals surface area contributed by atoms with Crippen molar-refractivity contribution in [2.45, 2.75) is 25.0 Å². The summed E-state index contributed by atoms with van der Waals surface area (Å²) in [7, 11) is 0. The number of aliphatic hydroxyl groups excluding tert-OH is 1. The van der Waals surface area contributed by atoms with E-state index in [0.717, 1.165) is 12.8 Å². The van der Waals surface area contributed by atoms with Crippen LogP contribution in [0.25, 0.3) is 0 Å². The first-order chi connectivity index (χ1) is 4.33. The summed E-state index contributed by atoms with van der Waals surface area (Å²) in [5.41, 5.74) is 5.55. The summed E-state index contributed by atoms with van der Waals surface area (Å²) >= 11 is 0. The van der Waals surface area contributed by atoms with Crippen molar-refractivity contribution in [1.29, 1.82) is 0 Å². The molecule has 0 bridgehead atoms. The first-order valence-corrected chi connectivity index (χ1v) is 3.31. The fourth-order valence-electron chi connectivity index (χ4n) is 0.970. The van der Waals surface area contributed by atoms with E-state index in [0.29, 0.717) is 6.61 Å². The zero-order valence-electron chi connectivity index (χ0n) is 5.42. The van der Waals surface area contributed by atoms with E-state index in [9.17, 15) is 0 Å². The van der Waals surface area contributed by atoms with Gasteiger partial charge in [0.2, 0.25) is 0 Å². The molecule has 0 aromatic carbocycles. The van der Waals surface area contributed by atoms with Crippen LogP contribution in [0.15, 0.2) is 0 Å². The quantitative estimate of drug-likeness (QED) is 0.503. The van der Waals surface area contributed by atoms with Crippen molar-refractivity contribution in [3.05, 3.63) is 0 Å². The molecule has 0 radical (unpaired) electrons. The second-order valence-corrected chi connectivity index (χ2v) is 2.48. The number of aliphatic hydroxyl groups is 1. The zero-order valence-corrected chi connectivity index (χ0v) is 5.42. The molecule has 2 atom stereocenters. The summed E-state index contributed by atoms with van der Waals surface area (Å²) in [6, 6.07) is 0.188. The molecule has 3 heteroatoms. The van der Waals surface area contributed by atoms with Crippen molar-refractivity contribution >= 4 is 0 Å². The highest BCUT2D eigenvalue weighted by Gasteiger charge is 2.17. The molecule has 54 valence electrons. The van der Waals surface area contributed by atoms with Crippen LogP contribution in [-0.2, 0) is 4.74 Å². The van der Waals surface area contributed by atoms with Crippen LogP contribution in [0.2, 0.25) is 0 Å². The fourth-order valence-corrected chi connectivity index (χ4v) is 0.970. The molecule has 1 fully saturated rings. The van der Waals surface area contributed by atoms with Crippen LogP contribution < -0.4 is 5.73 Å². The van der Waals surface area contributed by atoms with Crippen molar-refractivity contribution in [2.75, 3.05) is 13.2 Å². The van der Waals surface area contributed by atoms with Gasteiger partial charge in [-0.25, -0.2) is 0 Å². The van der Waals surface area contributed by atoms with Crippen LogP contribution in [0.5, 0.6) is 0 Å². The van der Waals surface area contributed by atoms with E-state index >= 15 is 0 Å². The van der Waals surface area contributed by atoms with Gasteiger partial charge in [-0.3, -0.25) is 0 Å². The lowest BCUT2D eigenvalue weighted by Crippen LogP contribution is -2.36. The van der Waals surface area contributed by atoms with Gasteiger partial charge in [0.05, 0.1) is 19.3 Å². The van der Waals surface area contributed by atoms with Gasteiger partial charge in [-0.05, 0) is 12.8 Å². The van der Waals surface area contributed by atoms with Gasteiger partial charge in [-0.1, -0.05) is 0 Å². The van der Waals surface area contributed by atoms with Crippen molar-refractivity contribution in [3.8, 4) is 0 Å². The minimum absolute atomic E-state index is 0.0461. The predicted octanol–water partition coefficient (Wildman–Crippen LogP) is -0.515. The molecule has 9 heavy (non-hydrogen) atoms. The minimum Gasteiger partial charge on any atom is -0.394 e. The van der Waals surface area contributed by atoms with Gasteiger partial charge in [0.1, 0.15) is 0 Å². The highest BCUT2D eigenvalue weighted by Crippen LogP contribution is 2.10. The van der Waals surface area contributed by atoms with Crippen molar-refractivity contribution in [1.82, 2.24) is 0 Å². The molecular weight excluding hydrogens is 118 g/mol. The van der Waals surface area contributed by atoms with E-state index in [4.69, 9.17) is 15.6 Å². The molecule has 0 saturated carbocycles. The molecule has 0 aromatic rings. The SMILES string of the molecule is N[C@H]1CCC(CO)OC1. The number of hydrogen-bond donors (Lipinski definition) is 2. The maximum Gasteiger partial charge on any atom is 0.0807 e. The number of rotatable bonds is 1. The van der Waals surface area contributed by atoms with Crippen LogP contribution >= 0.6 is 0 Å². The largest absolute Gasteiger partial charge is 0.394 e. The van der Waals surface area contributed by atoms with E-state index in [-0.39, 0.29) is 18.8 Å². The van der Waals surface area contributed by atoms with Gasteiger partial charge in [-0.15, -0.1) is 0 Å². The van der Waals surface area contributed by atoms with Gasteiger partial charge in [-0.2, -0.15) is 0 Å². The van der Waals surface area contributed by atoms with Gasteiger partial charge in [0.25, 0.3) is 0 Å². The average Bonchev–Trinajstić information content (AvgIpc) is 1.90. The first kappa shape index (κ1) is 6.99. The Morgan fingerprint density at radius 3 is 2.78 bits per heavy atom. The lowest BCUT2D eigenvalue weighted by molar-refractivity contribution is -0.0254. The molecule has 0 aromatic heterocycles. The standard InChI is InChI=1S/C6H13NO2/c7-5-1-2-6(3-8)9-4-5/h5-6,8H,1-4,7H2/t5-,6?/m0/s1. The normalized spacial score (nSPS) is 36.7. The van der Waals surface area contributed by atoms with E-state index in [1.165, 1.54) is 0 Å².